The predicted molar refractivity (Wildman–Crippen MR) is 113 cm³/mol. The van der Waals surface area contributed by atoms with Crippen LogP contribution in [0.1, 0.15) is 59.8 Å². The molecular formula is C21H38N2OS. The first-order valence-electron chi connectivity index (χ1n) is 9.83. The van der Waals surface area contributed by atoms with E-state index in [1.165, 1.54) is 50.9 Å². The molecule has 0 saturated carbocycles. The molecule has 0 aromatic heterocycles. The van der Waals surface area contributed by atoms with Crippen LogP contribution in [-0.4, -0.2) is 36.7 Å². The molecule has 0 aromatic carbocycles. The van der Waals surface area contributed by atoms with E-state index in [9.17, 15) is 0 Å². The highest BCUT2D eigenvalue weighted by Gasteiger charge is 2.24. The Morgan fingerprint density at radius 3 is 2.52 bits per heavy atom. The average Bonchev–Trinajstić information content (AvgIpc) is 2.62. The molecule has 1 aliphatic heterocycles. The quantitative estimate of drug-likeness (QED) is 0.301. The van der Waals surface area contributed by atoms with E-state index in [1.807, 2.05) is 6.08 Å². The second-order valence-corrected chi connectivity index (χ2v) is 7.43. The number of ether oxygens (including phenoxy) is 1. The lowest BCUT2D eigenvalue weighted by Gasteiger charge is -2.34. The summed E-state index contributed by atoms with van der Waals surface area (Å²) >= 11 is 4.21. The number of rotatable bonds is 11. The SMILES string of the molecule is C=C/C=C(\C(=C/C)OC(C)C)C1CCN(CCCC(CC)NS)CC1. The van der Waals surface area contributed by atoms with Crippen LogP contribution in [-0.2, 0) is 4.74 Å². The molecule has 0 bridgehead atoms. The summed E-state index contributed by atoms with van der Waals surface area (Å²) in [5, 5.41) is 0. The van der Waals surface area contributed by atoms with E-state index in [1.54, 1.807) is 0 Å². The van der Waals surface area contributed by atoms with Crippen molar-refractivity contribution in [1.82, 2.24) is 9.62 Å². The van der Waals surface area contributed by atoms with Crippen molar-refractivity contribution in [3.8, 4) is 0 Å². The van der Waals surface area contributed by atoms with E-state index in [2.05, 4.69) is 68.9 Å². The van der Waals surface area contributed by atoms with Crippen LogP contribution in [0.2, 0.25) is 0 Å². The van der Waals surface area contributed by atoms with Gasteiger partial charge >= 0.3 is 0 Å². The first-order valence-corrected chi connectivity index (χ1v) is 10.3. The molecule has 1 rings (SSSR count). The molecule has 1 aliphatic rings. The van der Waals surface area contributed by atoms with E-state index in [0.717, 1.165) is 12.2 Å². The predicted octanol–water partition coefficient (Wildman–Crippen LogP) is 5.13. The summed E-state index contributed by atoms with van der Waals surface area (Å²) in [6.07, 6.45) is 12.3. The molecule has 1 unspecified atom stereocenters. The van der Waals surface area contributed by atoms with Gasteiger partial charge in [-0.25, -0.2) is 0 Å². The van der Waals surface area contributed by atoms with Gasteiger partial charge < -0.3 is 9.64 Å². The Morgan fingerprint density at radius 2 is 2.04 bits per heavy atom. The van der Waals surface area contributed by atoms with Crippen molar-refractivity contribution >= 4 is 12.8 Å². The Morgan fingerprint density at radius 1 is 1.36 bits per heavy atom. The molecule has 3 nitrogen and oxygen atoms in total. The van der Waals surface area contributed by atoms with Crippen LogP contribution in [0.5, 0.6) is 0 Å². The lowest BCUT2D eigenvalue weighted by atomic mass is 9.87. The van der Waals surface area contributed by atoms with Gasteiger partial charge in [-0.05, 0) is 90.1 Å². The van der Waals surface area contributed by atoms with Gasteiger partial charge in [0.1, 0.15) is 5.76 Å². The Hall–Kier alpha value is -0.710. The van der Waals surface area contributed by atoms with E-state index >= 15 is 0 Å². The summed E-state index contributed by atoms with van der Waals surface area (Å²) in [6, 6.07) is 0.536. The van der Waals surface area contributed by atoms with E-state index in [0.29, 0.717) is 12.0 Å². The number of piperidine rings is 1. The van der Waals surface area contributed by atoms with Gasteiger partial charge in [-0.1, -0.05) is 38.5 Å². The highest BCUT2D eigenvalue weighted by Crippen LogP contribution is 2.31. The highest BCUT2D eigenvalue weighted by molar-refractivity contribution is 7.78. The van der Waals surface area contributed by atoms with Gasteiger partial charge in [-0.15, -0.1) is 0 Å². The van der Waals surface area contributed by atoms with Crippen molar-refractivity contribution in [2.45, 2.75) is 71.9 Å². The first kappa shape index (κ1) is 22.3. The summed E-state index contributed by atoms with van der Waals surface area (Å²) in [6.45, 7) is 15.9. The standard InChI is InChI=1S/C21H38N2OS/c1-6-10-20(21(8-3)24-17(4)5)18-12-15-23(16-13-18)14-9-11-19(7-2)22-25/h6,8,10,17-19,22,25H,1,7,9,11-16H2,2-5H3/b20-10-,21-8+. The topological polar surface area (TPSA) is 24.5 Å². The van der Waals surface area contributed by atoms with Crippen molar-refractivity contribution in [1.29, 1.82) is 0 Å². The maximum absolute atomic E-state index is 6.03. The van der Waals surface area contributed by atoms with Crippen molar-refractivity contribution in [3.63, 3.8) is 0 Å². The Kier molecular flexibility index (Phi) is 11.3. The third kappa shape index (κ3) is 8.02. The average molecular weight is 367 g/mol. The van der Waals surface area contributed by atoms with Crippen LogP contribution in [0.25, 0.3) is 0 Å². The summed E-state index contributed by atoms with van der Waals surface area (Å²) in [5.74, 6) is 1.60. The van der Waals surface area contributed by atoms with E-state index in [-0.39, 0.29) is 6.10 Å². The molecule has 1 saturated heterocycles. The zero-order valence-corrected chi connectivity index (χ0v) is 17.5. The largest absolute Gasteiger partial charge is 0.491 e. The zero-order valence-electron chi connectivity index (χ0n) is 16.6. The van der Waals surface area contributed by atoms with Crippen molar-refractivity contribution < 1.29 is 4.74 Å². The Bertz CT molecular complexity index is 433. The molecule has 1 heterocycles. The Labute approximate surface area is 161 Å². The van der Waals surface area contributed by atoms with E-state index in [4.69, 9.17) is 4.74 Å². The summed E-state index contributed by atoms with van der Waals surface area (Å²) in [7, 11) is 0. The van der Waals surface area contributed by atoms with Crippen LogP contribution >= 0.6 is 12.8 Å². The maximum atomic E-state index is 6.03. The minimum atomic E-state index is 0.200. The van der Waals surface area contributed by atoms with Gasteiger partial charge in [0, 0.05) is 6.04 Å². The van der Waals surface area contributed by atoms with Gasteiger partial charge in [-0.3, -0.25) is 4.72 Å². The first-order chi connectivity index (χ1) is 12.0. The van der Waals surface area contributed by atoms with Gasteiger partial charge in [0.2, 0.25) is 0 Å². The fourth-order valence-electron chi connectivity index (χ4n) is 3.49. The molecular weight excluding hydrogens is 328 g/mol. The van der Waals surface area contributed by atoms with E-state index < -0.39 is 0 Å². The number of nitrogens with zero attached hydrogens (tertiary/aromatic N) is 1. The fraction of sp³-hybridized carbons (Fsp3) is 0.714. The minimum absolute atomic E-state index is 0.200. The molecule has 0 aliphatic carbocycles. The monoisotopic (exact) mass is 366 g/mol. The summed E-state index contributed by atoms with van der Waals surface area (Å²) in [5.41, 5.74) is 1.32. The molecule has 0 aromatic rings. The molecule has 0 spiro atoms. The van der Waals surface area contributed by atoms with Gasteiger partial charge in [0.25, 0.3) is 0 Å². The number of nitrogens with one attached hydrogen (secondary N) is 1. The van der Waals surface area contributed by atoms with Crippen molar-refractivity contribution in [2.24, 2.45) is 5.92 Å². The molecule has 1 atom stereocenters. The smallest absolute Gasteiger partial charge is 0.118 e. The van der Waals surface area contributed by atoms with Gasteiger partial charge in [-0.2, -0.15) is 0 Å². The molecule has 0 radical (unpaired) electrons. The minimum Gasteiger partial charge on any atom is -0.491 e. The van der Waals surface area contributed by atoms with Crippen LogP contribution in [0, 0.1) is 5.92 Å². The molecule has 25 heavy (non-hydrogen) atoms. The second kappa shape index (κ2) is 12.6. The van der Waals surface area contributed by atoms with Crippen LogP contribution in [0.4, 0.5) is 0 Å². The molecule has 1 N–H and O–H groups in total. The third-order valence-electron chi connectivity index (χ3n) is 4.94. The lowest BCUT2D eigenvalue weighted by molar-refractivity contribution is 0.141. The number of likely N-dealkylation sites (tertiary alicyclic amines) is 1. The van der Waals surface area contributed by atoms with Crippen molar-refractivity contribution in [3.05, 3.63) is 36.1 Å². The molecule has 4 heteroatoms. The second-order valence-electron chi connectivity index (χ2n) is 7.17. The number of hydrogen-bond acceptors (Lipinski definition) is 4. The summed E-state index contributed by atoms with van der Waals surface area (Å²) in [4.78, 5) is 2.60. The Balaban J connectivity index is 2.52. The lowest BCUT2D eigenvalue weighted by Crippen LogP contribution is -2.36. The van der Waals surface area contributed by atoms with Crippen LogP contribution in [0.3, 0.4) is 0 Å². The summed E-state index contributed by atoms with van der Waals surface area (Å²) < 4.78 is 9.13. The maximum Gasteiger partial charge on any atom is 0.118 e. The zero-order chi connectivity index (χ0) is 18.7. The number of allylic oxidation sites excluding steroid dienone is 4. The van der Waals surface area contributed by atoms with Crippen LogP contribution in [0.15, 0.2) is 36.1 Å². The highest BCUT2D eigenvalue weighted by atomic mass is 32.1. The normalized spacial score (nSPS) is 19.3. The fourth-order valence-corrected chi connectivity index (χ4v) is 3.80. The van der Waals surface area contributed by atoms with Gasteiger partial charge in [0.05, 0.1) is 6.10 Å². The molecule has 0 amide bonds. The third-order valence-corrected chi connectivity index (χ3v) is 5.30. The molecule has 1 fully saturated rings. The molecule has 144 valence electrons. The number of thiol groups is 1. The van der Waals surface area contributed by atoms with Crippen molar-refractivity contribution in [2.75, 3.05) is 19.6 Å². The van der Waals surface area contributed by atoms with Crippen LogP contribution < -0.4 is 4.72 Å². The van der Waals surface area contributed by atoms with Gasteiger partial charge in [0.15, 0.2) is 0 Å². The number of hydrogen-bond donors (Lipinski definition) is 2.